The van der Waals surface area contributed by atoms with Crippen molar-refractivity contribution in [2.75, 3.05) is 10.1 Å². The van der Waals surface area contributed by atoms with Crippen LogP contribution in [-0.4, -0.2) is 19.2 Å². The number of aromatic nitrogens is 1. The number of pyridine rings is 1. The minimum absolute atomic E-state index is 0.0613. The van der Waals surface area contributed by atoms with Crippen molar-refractivity contribution in [3.8, 4) is 0 Å². The molecule has 2 rings (SSSR count). The van der Waals surface area contributed by atoms with E-state index < -0.39 is 10.0 Å². The van der Waals surface area contributed by atoms with Gasteiger partial charge in [-0.05, 0) is 59.3 Å². The zero-order valence-corrected chi connectivity index (χ0v) is 14.0. The lowest BCUT2D eigenvalue weighted by atomic mass is 10.2. The van der Waals surface area contributed by atoms with Crippen LogP contribution in [0, 0.1) is 3.57 Å². The zero-order valence-electron chi connectivity index (χ0n) is 11.0. The lowest BCUT2D eigenvalue weighted by Crippen LogP contribution is -2.31. The van der Waals surface area contributed by atoms with Gasteiger partial charge in [0, 0.05) is 9.77 Å². The SMILES string of the molecule is CCS(=O)(=O)N(Cc1cccc(I)c1)c1cccnc1. The predicted octanol–water partition coefficient (Wildman–Crippen LogP) is 3.04. The summed E-state index contributed by atoms with van der Waals surface area (Å²) in [4.78, 5) is 4.00. The highest BCUT2D eigenvalue weighted by molar-refractivity contribution is 14.1. The Morgan fingerprint density at radius 3 is 2.65 bits per heavy atom. The number of nitrogens with zero attached hydrogens (tertiary/aromatic N) is 2. The third-order valence-corrected chi connectivity index (χ3v) is 5.26. The fourth-order valence-corrected chi connectivity index (χ4v) is 3.50. The Morgan fingerprint density at radius 2 is 2.05 bits per heavy atom. The maximum Gasteiger partial charge on any atom is 0.235 e. The molecule has 0 fully saturated rings. The molecule has 0 aliphatic rings. The number of hydrogen-bond acceptors (Lipinski definition) is 3. The molecular formula is C14H15IN2O2S. The van der Waals surface area contributed by atoms with E-state index in [1.165, 1.54) is 4.31 Å². The molecule has 0 atom stereocenters. The lowest BCUT2D eigenvalue weighted by molar-refractivity contribution is 0.591. The topological polar surface area (TPSA) is 50.3 Å². The fourth-order valence-electron chi connectivity index (χ4n) is 1.81. The van der Waals surface area contributed by atoms with Crippen molar-refractivity contribution in [3.63, 3.8) is 0 Å². The number of anilines is 1. The van der Waals surface area contributed by atoms with Crippen LogP contribution in [0.5, 0.6) is 0 Å². The molecule has 1 aromatic heterocycles. The average Bonchev–Trinajstić information content (AvgIpc) is 2.45. The maximum atomic E-state index is 12.3. The van der Waals surface area contributed by atoms with Gasteiger partial charge >= 0.3 is 0 Å². The molecule has 6 heteroatoms. The van der Waals surface area contributed by atoms with Crippen LogP contribution in [-0.2, 0) is 16.6 Å². The van der Waals surface area contributed by atoms with Crippen LogP contribution in [0.2, 0.25) is 0 Å². The zero-order chi connectivity index (χ0) is 14.6. The van der Waals surface area contributed by atoms with Gasteiger partial charge in [0.2, 0.25) is 10.0 Å². The van der Waals surface area contributed by atoms with E-state index in [2.05, 4.69) is 27.6 Å². The average molecular weight is 402 g/mol. The first kappa shape index (κ1) is 15.2. The molecule has 0 aliphatic heterocycles. The van der Waals surface area contributed by atoms with Gasteiger partial charge in [-0.15, -0.1) is 0 Å². The van der Waals surface area contributed by atoms with Crippen molar-refractivity contribution < 1.29 is 8.42 Å². The first-order valence-corrected chi connectivity index (χ1v) is 8.86. The summed E-state index contributed by atoms with van der Waals surface area (Å²) >= 11 is 2.22. The third-order valence-electron chi connectivity index (χ3n) is 2.85. The number of hydrogen-bond donors (Lipinski definition) is 0. The minimum Gasteiger partial charge on any atom is -0.264 e. The van der Waals surface area contributed by atoms with E-state index >= 15 is 0 Å². The Labute approximate surface area is 133 Å². The third kappa shape index (κ3) is 3.69. The molecule has 0 N–H and O–H groups in total. The van der Waals surface area contributed by atoms with Gasteiger partial charge in [0.15, 0.2) is 0 Å². The standard InChI is InChI=1S/C14H15IN2O2S/c1-2-20(18,19)17(14-7-4-8-16-10-14)11-12-5-3-6-13(15)9-12/h3-10H,2,11H2,1H3. The highest BCUT2D eigenvalue weighted by Crippen LogP contribution is 2.21. The van der Waals surface area contributed by atoms with Crippen LogP contribution in [0.3, 0.4) is 0 Å². The van der Waals surface area contributed by atoms with E-state index in [1.54, 1.807) is 31.5 Å². The molecule has 2 aromatic rings. The minimum atomic E-state index is -3.33. The lowest BCUT2D eigenvalue weighted by Gasteiger charge is -2.23. The van der Waals surface area contributed by atoms with Crippen molar-refractivity contribution in [2.24, 2.45) is 0 Å². The van der Waals surface area contributed by atoms with Crippen LogP contribution >= 0.6 is 22.6 Å². The first-order chi connectivity index (χ1) is 9.53. The second kappa shape index (κ2) is 6.53. The predicted molar refractivity (Wildman–Crippen MR) is 89.0 cm³/mol. The quantitative estimate of drug-likeness (QED) is 0.723. The highest BCUT2D eigenvalue weighted by Gasteiger charge is 2.21. The van der Waals surface area contributed by atoms with Crippen molar-refractivity contribution in [1.82, 2.24) is 4.98 Å². The van der Waals surface area contributed by atoms with Gasteiger partial charge in [-0.25, -0.2) is 8.42 Å². The van der Waals surface area contributed by atoms with Crippen LogP contribution < -0.4 is 4.31 Å². The van der Waals surface area contributed by atoms with E-state index in [1.807, 2.05) is 24.3 Å². The number of benzene rings is 1. The van der Waals surface area contributed by atoms with Gasteiger partial charge in [-0.2, -0.15) is 0 Å². The van der Waals surface area contributed by atoms with Crippen LogP contribution in [0.4, 0.5) is 5.69 Å². The van der Waals surface area contributed by atoms with Crippen molar-refractivity contribution in [3.05, 3.63) is 57.9 Å². The molecule has 0 amide bonds. The first-order valence-electron chi connectivity index (χ1n) is 6.18. The van der Waals surface area contributed by atoms with E-state index in [0.717, 1.165) is 9.13 Å². The number of sulfonamides is 1. The summed E-state index contributed by atoms with van der Waals surface area (Å²) in [7, 11) is -3.33. The molecule has 0 radical (unpaired) electrons. The van der Waals surface area contributed by atoms with Gasteiger partial charge in [-0.3, -0.25) is 9.29 Å². The van der Waals surface area contributed by atoms with Gasteiger partial charge in [0.25, 0.3) is 0 Å². The van der Waals surface area contributed by atoms with Crippen LogP contribution in [0.1, 0.15) is 12.5 Å². The molecular weight excluding hydrogens is 387 g/mol. The summed E-state index contributed by atoms with van der Waals surface area (Å²) in [6.45, 7) is 1.96. The smallest absolute Gasteiger partial charge is 0.235 e. The summed E-state index contributed by atoms with van der Waals surface area (Å²) in [6.07, 6.45) is 3.20. The molecule has 1 aromatic carbocycles. The Morgan fingerprint density at radius 1 is 1.25 bits per heavy atom. The van der Waals surface area contributed by atoms with E-state index in [0.29, 0.717) is 12.2 Å². The second-order valence-electron chi connectivity index (χ2n) is 4.25. The molecule has 106 valence electrons. The summed E-state index contributed by atoms with van der Waals surface area (Å²) in [5, 5.41) is 0. The Hall–Kier alpha value is -1.15. The number of rotatable bonds is 5. The van der Waals surface area contributed by atoms with Crippen molar-refractivity contribution in [2.45, 2.75) is 13.5 Å². The van der Waals surface area contributed by atoms with E-state index in [-0.39, 0.29) is 5.75 Å². The highest BCUT2D eigenvalue weighted by atomic mass is 127. The van der Waals surface area contributed by atoms with Crippen LogP contribution in [0.25, 0.3) is 0 Å². The Kier molecular flexibility index (Phi) is 4.98. The largest absolute Gasteiger partial charge is 0.264 e. The van der Waals surface area contributed by atoms with Crippen LogP contribution in [0.15, 0.2) is 48.8 Å². The molecule has 0 saturated carbocycles. The maximum absolute atomic E-state index is 12.3. The molecule has 0 aliphatic carbocycles. The Balaban J connectivity index is 2.38. The van der Waals surface area contributed by atoms with Crippen molar-refractivity contribution >= 4 is 38.3 Å². The molecule has 0 unspecified atom stereocenters. The summed E-state index contributed by atoms with van der Waals surface area (Å²) in [5.41, 5.74) is 1.55. The molecule has 0 saturated heterocycles. The molecule has 4 nitrogen and oxygen atoms in total. The van der Waals surface area contributed by atoms with E-state index in [4.69, 9.17) is 0 Å². The molecule has 1 heterocycles. The second-order valence-corrected chi connectivity index (χ2v) is 7.68. The fraction of sp³-hybridized carbons (Fsp3) is 0.214. The van der Waals surface area contributed by atoms with Gasteiger partial charge < -0.3 is 0 Å². The van der Waals surface area contributed by atoms with Crippen molar-refractivity contribution in [1.29, 1.82) is 0 Å². The summed E-state index contributed by atoms with van der Waals surface area (Å²) < 4.78 is 27.1. The van der Waals surface area contributed by atoms with Gasteiger partial charge in [-0.1, -0.05) is 12.1 Å². The van der Waals surface area contributed by atoms with E-state index in [9.17, 15) is 8.42 Å². The summed E-state index contributed by atoms with van der Waals surface area (Å²) in [5.74, 6) is 0.0613. The monoisotopic (exact) mass is 402 g/mol. The van der Waals surface area contributed by atoms with Gasteiger partial charge in [0.05, 0.1) is 24.2 Å². The molecule has 20 heavy (non-hydrogen) atoms. The summed E-state index contributed by atoms with van der Waals surface area (Å²) in [6, 6.07) is 11.3. The Bertz CT molecular complexity index is 675. The normalized spacial score (nSPS) is 11.3. The number of halogens is 1. The van der Waals surface area contributed by atoms with Gasteiger partial charge in [0.1, 0.15) is 0 Å². The molecule has 0 spiro atoms. The molecule has 0 bridgehead atoms.